The molecule has 6 nitrogen and oxygen atoms in total. The normalized spacial score (nSPS) is 18.0. The summed E-state index contributed by atoms with van der Waals surface area (Å²) in [5.74, 6) is 2.29. The smallest absolute Gasteiger partial charge is 0.191 e. The van der Waals surface area contributed by atoms with Crippen molar-refractivity contribution in [1.82, 2.24) is 15.5 Å². The molecule has 6 heteroatoms. The van der Waals surface area contributed by atoms with Crippen molar-refractivity contribution in [3.8, 4) is 5.75 Å². The molecule has 1 aromatic carbocycles. The first kappa shape index (κ1) is 21.5. The van der Waals surface area contributed by atoms with Crippen LogP contribution in [0.4, 0.5) is 0 Å². The van der Waals surface area contributed by atoms with Crippen LogP contribution in [0.25, 0.3) is 0 Å². The van der Waals surface area contributed by atoms with Crippen LogP contribution in [0.5, 0.6) is 5.75 Å². The van der Waals surface area contributed by atoms with Crippen molar-refractivity contribution in [3.63, 3.8) is 0 Å². The summed E-state index contributed by atoms with van der Waals surface area (Å²) in [6.07, 6.45) is 1.05. The van der Waals surface area contributed by atoms with Crippen molar-refractivity contribution >= 4 is 5.96 Å². The Balaban J connectivity index is 1.78. The molecule has 0 aliphatic carbocycles. The third kappa shape index (κ3) is 7.39. The maximum atomic E-state index is 5.43. The van der Waals surface area contributed by atoms with Gasteiger partial charge in [0.05, 0.1) is 26.9 Å². The number of guanidine groups is 1. The summed E-state index contributed by atoms with van der Waals surface area (Å²) in [6.45, 7) is 12.8. The molecule has 0 amide bonds. The summed E-state index contributed by atoms with van der Waals surface area (Å²) in [5, 5.41) is 6.82. The molecule has 1 aliphatic rings. The molecule has 0 aromatic heterocycles. The number of methoxy groups -OCH3 is 1. The first-order valence-corrected chi connectivity index (χ1v) is 10.1. The molecule has 1 heterocycles. The Labute approximate surface area is 164 Å². The zero-order valence-corrected chi connectivity index (χ0v) is 17.3. The lowest BCUT2D eigenvalue weighted by Crippen LogP contribution is -2.44. The van der Waals surface area contributed by atoms with Crippen LogP contribution < -0.4 is 15.4 Å². The van der Waals surface area contributed by atoms with E-state index < -0.39 is 0 Å². The first-order valence-electron chi connectivity index (χ1n) is 10.1. The predicted octanol–water partition coefficient (Wildman–Crippen LogP) is 2.46. The van der Waals surface area contributed by atoms with Gasteiger partial charge in [-0.25, -0.2) is 0 Å². The second-order valence-corrected chi connectivity index (χ2v) is 7.11. The first-order chi connectivity index (χ1) is 13.1. The Hall–Kier alpha value is -1.79. The van der Waals surface area contributed by atoms with E-state index >= 15 is 0 Å². The lowest BCUT2D eigenvalue weighted by molar-refractivity contribution is 0.0220. The van der Waals surface area contributed by atoms with Crippen LogP contribution in [-0.2, 0) is 4.74 Å². The molecular weight excluding hydrogens is 340 g/mol. The van der Waals surface area contributed by atoms with Gasteiger partial charge in [-0.15, -0.1) is 0 Å². The molecule has 1 aliphatic heterocycles. The summed E-state index contributed by atoms with van der Waals surface area (Å²) < 4.78 is 10.7. The summed E-state index contributed by atoms with van der Waals surface area (Å²) in [6, 6.07) is 8.78. The van der Waals surface area contributed by atoms with Crippen molar-refractivity contribution in [2.75, 3.05) is 53.0 Å². The Kier molecular flexibility index (Phi) is 9.42. The minimum atomic E-state index is 0.433. The average Bonchev–Trinajstić information content (AvgIpc) is 2.72. The van der Waals surface area contributed by atoms with Crippen molar-refractivity contribution in [3.05, 3.63) is 29.8 Å². The fraction of sp³-hybridized carbons (Fsp3) is 0.667. The quantitative estimate of drug-likeness (QED) is 0.512. The van der Waals surface area contributed by atoms with E-state index in [1.54, 1.807) is 7.11 Å². The third-order valence-corrected chi connectivity index (χ3v) is 5.08. The zero-order valence-electron chi connectivity index (χ0n) is 17.3. The Bertz CT molecular complexity index is 556. The van der Waals surface area contributed by atoms with E-state index in [2.05, 4.69) is 48.4 Å². The minimum Gasteiger partial charge on any atom is -0.497 e. The summed E-state index contributed by atoms with van der Waals surface area (Å²) >= 11 is 0. The van der Waals surface area contributed by atoms with Crippen molar-refractivity contribution in [2.24, 2.45) is 4.99 Å². The van der Waals surface area contributed by atoms with Gasteiger partial charge in [0, 0.05) is 32.2 Å². The average molecular weight is 377 g/mol. The second kappa shape index (κ2) is 11.8. The Morgan fingerprint density at radius 3 is 2.52 bits per heavy atom. The lowest BCUT2D eigenvalue weighted by Gasteiger charge is -2.31. The molecule has 152 valence electrons. The fourth-order valence-corrected chi connectivity index (χ4v) is 3.21. The van der Waals surface area contributed by atoms with Gasteiger partial charge in [0.25, 0.3) is 0 Å². The third-order valence-electron chi connectivity index (χ3n) is 5.08. The standard InChI is InChI=1S/C21H36N4O2/c1-5-22-21(24-16-18(3)25-12-14-27-15-13-25)23-11-10-17(2)19-6-8-20(26-4)9-7-19/h6-9,17-18H,5,10-16H2,1-4H3,(H2,22,23,24). The van der Waals surface area contributed by atoms with E-state index in [1.165, 1.54) is 5.56 Å². The van der Waals surface area contributed by atoms with Crippen LogP contribution in [0.1, 0.15) is 38.7 Å². The number of benzene rings is 1. The molecule has 1 fully saturated rings. The molecule has 0 bridgehead atoms. The van der Waals surface area contributed by atoms with Crippen molar-refractivity contribution < 1.29 is 9.47 Å². The molecule has 27 heavy (non-hydrogen) atoms. The Morgan fingerprint density at radius 1 is 1.19 bits per heavy atom. The predicted molar refractivity (Wildman–Crippen MR) is 112 cm³/mol. The van der Waals surface area contributed by atoms with Crippen molar-refractivity contribution in [2.45, 2.75) is 39.2 Å². The van der Waals surface area contributed by atoms with Crippen LogP contribution in [0.15, 0.2) is 29.3 Å². The van der Waals surface area contributed by atoms with E-state index in [-0.39, 0.29) is 0 Å². The maximum absolute atomic E-state index is 5.43. The van der Waals surface area contributed by atoms with Gasteiger partial charge in [0.1, 0.15) is 5.75 Å². The molecule has 0 spiro atoms. The van der Waals surface area contributed by atoms with E-state index in [0.717, 1.165) is 64.1 Å². The highest BCUT2D eigenvalue weighted by molar-refractivity contribution is 5.79. The van der Waals surface area contributed by atoms with Crippen LogP contribution in [0, 0.1) is 0 Å². The number of nitrogens with one attached hydrogen (secondary N) is 2. The van der Waals surface area contributed by atoms with Gasteiger partial charge in [-0.05, 0) is 43.9 Å². The van der Waals surface area contributed by atoms with Gasteiger partial charge in [-0.2, -0.15) is 0 Å². The molecular formula is C21H36N4O2. The highest BCUT2D eigenvalue weighted by atomic mass is 16.5. The van der Waals surface area contributed by atoms with Crippen molar-refractivity contribution in [1.29, 1.82) is 0 Å². The molecule has 0 saturated carbocycles. The van der Waals surface area contributed by atoms with Gasteiger partial charge in [-0.1, -0.05) is 19.1 Å². The van der Waals surface area contributed by atoms with Crippen LogP contribution in [-0.4, -0.2) is 69.9 Å². The van der Waals surface area contributed by atoms with E-state index in [0.29, 0.717) is 12.0 Å². The molecule has 2 atom stereocenters. The molecule has 1 saturated heterocycles. The molecule has 1 aromatic rings. The topological polar surface area (TPSA) is 58.1 Å². The maximum Gasteiger partial charge on any atom is 0.191 e. The summed E-state index contributed by atoms with van der Waals surface area (Å²) in [7, 11) is 1.70. The highest BCUT2D eigenvalue weighted by Crippen LogP contribution is 2.21. The molecule has 0 radical (unpaired) electrons. The summed E-state index contributed by atoms with van der Waals surface area (Å²) in [5.41, 5.74) is 1.33. The van der Waals surface area contributed by atoms with E-state index in [1.807, 2.05) is 12.1 Å². The molecule has 2 N–H and O–H groups in total. The largest absolute Gasteiger partial charge is 0.497 e. The lowest BCUT2D eigenvalue weighted by atomic mass is 9.98. The van der Waals surface area contributed by atoms with Gasteiger partial charge in [0.2, 0.25) is 0 Å². The Morgan fingerprint density at radius 2 is 1.89 bits per heavy atom. The van der Waals surface area contributed by atoms with Gasteiger partial charge < -0.3 is 20.1 Å². The molecule has 2 unspecified atom stereocenters. The van der Waals surface area contributed by atoms with Crippen LogP contribution in [0.2, 0.25) is 0 Å². The number of hydrogen-bond acceptors (Lipinski definition) is 4. The number of rotatable bonds is 9. The monoisotopic (exact) mass is 376 g/mol. The minimum absolute atomic E-state index is 0.433. The fourth-order valence-electron chi connectivity index (χ4n) is 3.21. The number of morpholine rings is 1. The van der Waals surface area contributed by atoms with Crippen LogP contribution in [0.3, 0.4) is 0 Å². The summed E-state index contributed by atoms with van der Waals surface area (Å²) in [4.78, 5) is 7.22. The number of nitrogens with zero attached hydrogens (tertiary/aromatic N) is 2. The zero-order chi connectivity index (χ0) is 19.5. The second-order valence-electron chi connectivity index (χ2n) is 7.11. The van der Waals surface area contributed by atoms with Crippen LogP contribution >= 0.6 is 0 Å². The number of hydrogen-bond donors (Lipinski definition) is 2. The highest BCUT2D eigenvalue weighted by Gasteiger charge is 2.16. The number of aliphatic imine (C=N–C) groups is 1. The SMILES string of the molecule is CCNC(=NCC(C)N1CCOCC1)NCCC(C)c1ccc(OC)cc1. The van der Waals surface area contributed by atoms with Gasteiger partial charge >= 0.3 is 0 Å². The number of ether oxygens (including phenoxy) is 2. The molecule has 2 rings (SSSR count). The van der Waals surface area contributed by atoms with E-state index in [4.69, 9.17) is 14.5 Å². The van der Waals surface area contributed by atoms with Gasteiger partial charge in [0.15, 0.2) is 5.96 Å². The van der Waals surface area contributed by atoms with Gasteiger partial charge in [-0.3, -0.25) is 9.89 Å². The van der Waals surface area contributed by atoms with E-state index in [9.17, 15) is 0 Å².